The first-order valence-corrected chi connectivity index (χ1v) is 10.3. The van der Waals surface area contributed by atoms with Crippen molar-refractivity contribution >= 4 is 34.8 Å². The van der Waals surface area contributed by atoms with Gasteiger partial charge in [0.05, 0.1) is 35.0 Å². The highest BCUT2D eigenvalue weighted by molar-refractivity contribution is 6.33. The Morgan fingerprint density at radius 1 is 1.23 bits per heavy atom. The van der Waals surface area contributed by atoms with Gasteiger partial charge in [0.1, 0.15) is 11.4 Å². The fourth-order valence-corrected chi connectivity index (χ4v) is 3.66. The number of amides is 1. The molecule has 0 radical (unpaired) electrons. The molecule has 2 aliphatic rings. The normalized spacial score (nSPS) is 19.3. The van der Waals surface area contributed by atoms with Crippen LogP contribution in [0.4, 0.5) is 16.0 Å². The summed E-state index contributed by atoms with van der Waals surface area (Å²) in [6.45, 7) is 4.86. The van der Waals surface area contributed by atoms with Crippen molar-refractivity contribution in [3.05, 3.63) is 46.9 Å². The largest absolute Gasteiger partial charge is 0.370 e. The summed E-state index contributed by atoms with van der Waals surface area (Å²) in [6.07, 6.45) is 4.36. The van der Waals surface area contributed by atoms with E-state index in [0.717, 1.165) is 19.3 Å². The van der Waals surface area contributed by atoms with Gasteiger partial charge in [-0.2, -0.15) is 0 Å². The van der Waals surface area contributed by atoms with Gasteiger partial charge in [0.25, 0.3) is 5.91 Å². The average Bonchev–Trinajstić information content (AvgIpc) is 3.08. The van der Waals surface area contributed by atoms with Crippen LogP contribution in [0.5, 0.6) is 0 Å². The number of nitrogens with one attached hydrogen (secondary N) is 2. The molecule has 1 saturated heterocycles. The lowest BCUT2D eigenvalue weighted by Gasteiger charge is -2.32. The molecule has 1 amide bonds. The number of carbonyl (C=O) groups excluding carboxylic acids is 1. The fraction of sp³-hybridized carbons (Fsp3) is 0.400. The van der Waals surface area contributed by atoms with Crippen LogP contribution in [0, 0.1) is 5.82 Å². The van der Waals surface area contributed by atoms with E-state index in [1.165, 1.54) is 6.20 Å². The zero-order valence-electron chi connectivity index (χ0n) is 17.6. The number of aromatic nitrogens is 3. The maximum atomic E-state index is 14.3. The highest BCUT2D eigenvalue weighted by Gasteiger charge is 2.25. The molecule has 0 saturated carbocycles. The molecule has 4 rings (SSSR count). The van der Waals surface area contributed by atoms with Gasteiger partial charge in [0, 0.05) is 39.4 Å². The van der Waals surface area contributed by atoms with Crippen molar-refractivity contribution in [1.29, 1.82) is 0 Å². The molecule has 0 aliphatic carbocycles. The first kappa shape index (κ1) is 21.3. The topological polar surface area (TPSA) is 89.5 Å². The standard InChI is InChI=1S/C20H24ClFN8O/c1-12-23-11-16(29(12)3)18-15(22)10-25-20(27-18)26-13-8-14(21)17(24-9-13)19(31)30-6-4-28(2)5-7-30/h8-12,23H,4-7H2,1-3H3,(H,25,26,27). The van der Waals surface area contributed by atoms with Crippen molar-refractivity contribution in [2.75, 3.05) is 45.6 Å². The molecule has 2 aromatic heterocycles. The van der Waals surface area contributed by atoms with Gasteiger partial charge < -0.3 is 25.3 Å². The van der Waals surface area contributed by atoms with Gasteiger partial charge in [-0.3, -0.25) is 4.79 Å². The van der Waals surface area contributed by atoms with Crippen molar-refractivity contribution in [3.8, 4) is 0 Å². The summed E-state index contributed by atoms with van der Waals surface area (Å²) in [5, 5.41) is 6.33. The molecule has 2 aliphatic heterocycles. The lowest BCUT2D eigenvalue weighted by molar-refractivity contribution is 0.0658. The molecule has 164 valence electrons. The maximum absolute atomic E-state index is 14.3. The van der Waals surface area contributed by atoms with E-state index < -0.39 is 5.82 Å². The van der Waals surface area contributed by atoms with Crippen LogP contribution in [-0.2, 0) is 0 Å². The van der Waals surface area contributed by atoms with E-state index in [-0.39, 0.29) is 34.4 Å². The smallest absolute Gasteiger partial charge is 0.274 e. The van der Waals surface area contributed by atoms with E-state index in [2.05, 4.69) is 30.5 Å². The van der Waals surface area contributed by atoms with Crippen molar-refractivity contribution in [2.24, 2.45) is 0 Å². The predicted octanol–water partition coefficient (Wildman–Crippen LogP) is 1.97. The van der Waals surface area contributed by atoms with Gasteiger partial charge in [-0.15, -0.1) is 0 Å². The van der Waals surface area contributed by atoms with Crippen LogP contribution in [0.25, 0.3) is 5.70 Å². The number of halogens is 2. The van der Waals surface area contributed by atoms with Crippen LogP contribution in [-0.4, -0.2) is 82.0 Å². The third-order valence-corrected chi connectivity index (χ3v) is 5.79. The Hall–Kier alpha value is -2.98. The highest BCUT2D eigenvalue weighted by atomic mass is 35.5. The third kappa shape index (κ3) is 4.40. The number of piperazine rings is 1. The Bertz CT molecular complexity index is 1020. The van der Waals surface area contributed by atoms with Crippen LogP contribution >= 0.6 is 11.6 Å². The molecule has 1 unspecified atom stereocenters. The first-order valence-electron chi connectivity index (χ1n) is 9.96. The van der Waals surface area contributed by atoms with E-state index in [1.807, 2.05) is 25.9 Å². The summed E-state index contributed by atoms with van der Waals surface area (Å²) >= 11 is 6.35. The van der Waals surface area contributed by atoms with E-state index in [0.29, 0.717) is 24.5 Å². The van der Waals surface area contributed by atoms with E-state index in [4.69, 9.17) is 11.6 Å². The minimum atomic E-state index is -0.524. The molecule has 0 bridgehead atoms. The van der Waals surface area contributed by atoms with E-state index >= 15 is 0 Å². The molecular formula is C20H24ClFN8O. The van der Waals surface area contributed by atoms with Crippen LogP contribution in [0.2, 0.25) is 5.02 Å². The molecule has 1 atom stereocenters. The monoisotopic (exact) mass is 446 g/mol. The van der Waals surface area contributed by atoms with Crippen molar-refractivity contribution in [1.82, 2.24) is 35.0 Å². The number of hydrogen-bond acceptors (Lipinski definition) is 8. The van der Waals surface area contributed by atoms with Gasteiger partial charge in [0.2, 0.25) is 5.95 Å². The number of pyridine rings is 1. The number of carbonyl (C=O) groups is 1. The van der Waals surface area contributed by atoms with E-state index in [9.17, 15) is 9.18 Å². The van der Waals surface area contributed by atoms with Crippen LogP contribution in [0.1, 0.15) is 23.1 Å². The second kappa shape index (κ2) is 8.64. The lowest BCUT2D eigenvalue weighted by atomic mass is 10.2. The second-order valence-corrected chi connectivity index (χ2v) is 8.06. The summed E-state index contributed by atoms with van der Waals surface area (Å²) in [5.41, 5.74) is 1.51. The number of likely N-dealkylation sites (N-methyl/N-ethyl adjacent to an activating group) is 1. The Morgan fingerprint density at radius 3 is 2.61 bits per heavy atom. The minimum absolute atomic E-state index is 0.0363. The number of nitrogens with zero attached hydrogens (tertiary/aromatic N) is 6. The van der Waals surface area contributed by atoms with Gasteiger partial charge in [0.15, 0.2) is 5.82 Å². The summed E-state index contributed by atoms with van der Waals surface area (Å²) in [6, 6.07) is 1.59. The molecule has 4 heterocycles. The first-order chi connectivity index (χ1) is 14.8. The summed E-state index contributed by atoms with van der Waals surface area (Å²) < 4.78 is 14.3. The Labute approximate surface area is 184 Å². The molecule has 9 nitrogen and oxygen atoms in total. The van der Waals surface area contributed by atoms with Gasteiger partial charge in [-0.25, -0.2) is 19.3 Å². The van der Waals surface area contributed by atoms with Gasteiger partial charge in [-0.1, -0.05) is 11.6 Å². The predicted molar refractivity (Wildman–Crippen MR) is 116 cm³/mol. The number of hydrogen-bond donors (Lipinski definition) is 2. The van der Waals surface area contributed by atoms with Crippen LogP contribution in [0.3, 0.4) is 0 Å². The minimum Gasteiger partial charge on any atom is -0.370 e. The lowest BCUT2D eigenvalue weighted by Crippen LogP contribution is -2.47. The van der Waals surface area contributed by atoms with Crippen molar-refractivity contribution in [3.63, 3.8) is 0 Å². The zero-order chi connectivity index (χ0) is 22.1. The van der Waals surface area contributed by atoms with Crippen molar-refractivity contribution < 1.29 is 9.18 Å². The van der Waals surface area contributed by atoms with Crippen molar-refractivity contribution in [2.45, 2.75) is 13.1 Å². The van der Waals surface area contributed by atoms with Gasteiger partial charge >= 0.3 is 0 Å². The van der Waals surface area contributed by atoms with Gasteiger partial charge in [-0.05, 0) is 20.0 Å². The number of rotatable bonds is 4. The molecule has 2 N–H and O–H groups in total. The molecule has 31 heavy (non-hydrogen) atoms. The molecule has 1 fully saturated rings. The van der Waals surface area contributed by atoms with Crippen LogP contribution < -0.4 is 10.6 Å². The fourth-order valence-electron chi connectivity index (χ4n) is 3.42. The number of anilines is 2. The third-order valence-electron chi connectivity index (χ3n) is 5.50. The molecule has 0 aromatic carbocycles. The quantitative estimate of drug-likeness (QED) is 0.737. The average molecular weight is 447 g/mol. The van der Waals surface area contributed by atoms with Crippen LogP contribution in [0.15, 0.2) is 24.7 Å². The highest BCUT2D eigenvalue weighted by Crippen LogP contribution is 2.26. The van der Waals surface area contributed by atoms with E-state index in [1.54, 1.807) is 17.2 Å². The molecular weight excluding hydrogens is 423 g/mol. The summed E-state index contributed by atoms with van der Waals surface area (Å²) in [7, 11) is 3.87. The summed E-state index contributed by atoms with van der Waals surface area (Å²) in [4.78, 5) is 31.1. The molecule has 11 heteroatoms. The molecule has 2 aromatic rings. The Morgan fingerprint density at radius 2 is 1.97 bits per heavy atom. The zero-order valence-corrected chi connectivity index (χ0v) is 18.3. The summed E-state index contributed by atoms with van der Waals surface area (Å²) in [5.74, 6) is -0.520. The molecule has 0 spiro atoms. The maximum Gasteiger partial charge on any atom is 0.274 e. The second-order valence-electron chi connectivity index (χ2n) is 7.65. The SMILES string of the molecule is CC1NC=C(c2nc(Nc3cnc(C(=O)N4CCN(C)CC4)c(Cl)c3)ncc2F)N1C. The Kier molecular flexibility index (Phi) is 5.92. The Balaban J connectivity index is 1.51.